The maximum absolute atomic E-state index is 12.1. The second kappa shape index (κ2) is 8.64. The van der Waals surface area contributed by atoms with Crippen LogP contribution in [0, 0.1) is 12.8 Å². The van der Waals surface area contributed by atoms with Crippen molar-refractivity contribution in [2.75, 3.05) is 6.61 Å². The lowest BCUT2D eigenvalue weighted by Crippen LogP contribution is -2.40. The first-order valence-corrected chi connectivity index (χ1v) is 10.4. The van der Waals surface area contributed by atoms with Crippen molar-refractivity contribution in [3.8, 4) is 17.2 Å². The fraction of sp³-hybridized carbons (Fsp3) is 0.435. The van der Waals surface area contributed by atoms with E-state index in [-0.39, 0.29) is 5.69 Å². The molecule has 1 aromatic heterocycles. The van der Waals surface area contributed by atoms with Crippen molar-refractivity contribution in [3.63, 3.8) is 0 Å². The highest BCUT2D eigenvalue weighted by molar-refractivity contribution is 5.45. The summed E-state index contributed by atoms with van der Waals surface area (Å²) in [6.07, 6.45) is 6.53. The van der Waals surface area contributed by atoms with Crippen LogP contribution in [0.3, 0.4) is 0 Å². The van der Waals surface area contributed by atoms with Crippen LogP contribution < -0.4 is 15.2 Å². The summed E-state index contributed by atoms with van der Waals surface area (Å²) in [5.74, 6) is 2.28. The molecule has 0 unspecified atom stereocenters. The summed E-state index contributed by atoms with van der Waals surface area (Å²) >= 11 is 0. The minimum Gasteiger partial charge on any atom is -0.493 e. The Kier molecular flexibility index (Phi) is 5.79. The van der Waals surface area contributed by atoms with Crippen molar-refractivity contribution in [1.82, 2.24) is 14.6 Å². The zero-order valence-corrected chi connectivity index (χ0v) is 17.2. The number of hydrogen-bond donors (Lipinski definition) is 1. The van der Waals surface area contributed by atoms with Crippen molar-refractivity contribution >= 4 is 0 Å². The number of hydrogen-bond acceptors (Lipinski definition) is 3. The van der Waals surface area contributed by atoms with Gasteiger partial charge >= 0.3 is 5.69 Å². The van der Waals surface area contributed by atoms with Crippen LogP contribution in [-0.2, 0) is 13.7 Å². The number of benzene rings is 2. The van der Waals surface area contributed by atoms with Crippen LogP contribution in [-0.4, -0.2) is 21.2 Å². The Bertz CT molecular complexity index is 1010. The molecular formula is C23H29N3O3. The molecule has 6 nitrogen and oxygen atoms in total. The number of aromatic amines is 1. The molecule has 4 rings (SSSR count). The van der Waals surface area contributed by atoms with E-state index in [4.69, 9.17) is 9.47 Å². The van der Waals surface area contributed by atoms with Crippen molar-refractivity contribution in [3.05, 3.63) is 64.1 Å². The molecule has 0 bridgehead atoms. The predicted molar refractivity (Wildman–Crippen MR) is 113 cm³/mol. The Balaban J connectivity index is 1.43. The second-order valence-corrected chi connectivity index (χ2v) is 7.93. The molecule has 3 aromatic rings. The first kappa shape index (κ1) is 19.4. The van der Waals surface area contributed by atoms with Gasteiger partial charge in [-0.05, 0) is 49.4 Å². The molecule has 1 fully saturated rings. The molecule has 1 aliphatic carbocycles. The van der Waals surface area contributed by atoms with E-state index < -0.39 is 0 Å². The molecule has 1 aliphatic rings. The van der Waals surface area contributed by atoms with E-state index in [1.807, 2.05) is 49.4 Å². The fourth-order valence-corrected chi connectivity index (χ4v) is 3.96. The number of nitrogens with zero attached hydrogens (tertiary/aromatic N) is 2. The molecule has 1 saturated carbocycles. The van der Waals surface area contributed by atoms with E-state index in [0.29, 0.717) is 12.5 Å². The Morgan fingerprint density at radius 2 is 1.76 bits per heavy atom. The minimum absolute atomic E-state index is 0.0880. The zero-order chi connectivity index (χ0) is 20.2. The number of rotatable bonds is 7. The van der Waals surface area contributed by atoms with Crippen LogP contribution in [0.15, 0.2) is 47.3 Å². The van der Waals surface area contributed by atoms with Crippen molar-refractivity contribution < 1.29 is 9.47 Å². The molecule has 1 N–H and O–H groups in total. The summed E-state index contributed by atoms with van der Waals surface area (Å²) in [6, 6.07) is 13.7. The Hall–Kier alpha value is -2.89. The summed E-state index contributed by atoms with van der Waals surface area (Å²) in [7, 11) is 1.70. The van der Waals surface area contributed by atoms with Crippen LogP contribution >= 0.6 is 0 Å². The zero-order valence-electron chi connectivity index (χ0n) is 17.2. The highest BCUT2D eigenvalue weighted by atomic mass is 16.5. The highest BCUT2D eigenvalue weighted by Crippen LogP contribution is 2.27. The monoisotopic (exact) mass is 395 g/mol. The van der Waals surface area contributed by atoms with Gasteiger partial charge in [-0.2, -0.15) is 4.68 Å². The van der Waals surface area contributed by atoms with Gasteiger partial charge in [0.25, 0.3) is 0 Å². The molecule has 6 heteroatoms. The van der Waals surface area contributed by atoms with Gasteiger partial charge in [0, 0.05) is 18.7 Å². The summed E-state index contributed by atoms with van der Waals surface area (Å²) in [6.45, 7) is 3.19. The van der Waals surface area contributed by atoms with Crippen LogP contribution in [0.1, 0.15) is 43.2 Å². The SMILES string of the molecule is Cc1cccc(-n2[nH]n(C)c2=O)c1COc1cccc(OCC2CCCCC2)c1. The van der Waals surface area contributed by atoms with Crippen molar-refractivity contribution in [2.45, 2.75) is 45.6 Å². The fourth-order valence-electron chi connectivity index (χ4n) is 3.96. The van der Waals surface area contributed by atoms with Crippen molar-refractivity contribution in [2.24, 2.45) is 13.0 Å². The van der Waals surface area contributed by atoms with Gasteiger partial charge in [0.1, 0.15) is 18.1 Å². The Morgan fingerprint density at radius 3 is 2.48 bits per heavy atom. The highest BCUT2D eigenvalue weighted by Gasteiger charge is 2.15. The van der Waals surface area contributed by atoms with E-state index >= 15 is 0 Å². The number of nitrogens with one attached hydrogen (secondary N) is 1. The van der Waals surface area contributed by atoms with Gasteiger partial charge in [0.15, 0.2) is 0 Å². The van der Waals surface area contributed by atoms with Crippen LogP contribution in [0.5, 0.6) is 11.5 Å². The van der Waals surface area contributed by atoms with Gasteiger partial charge < -0.3 is 9.47 Å². The van der Waals surface area contributed by atoms with Crippen LogP contribution in [0.4, 0.5) is 0 Å². The number of ether oxygens (including phenoxy) is 2. The topological polar surface area (TPSA) is 61.2 Å². The van der Waals surface area contributed by atoms with Gasteiger partial charge in [-0.1, -0.05) is 37.5 Å². The summed E-state index contributed by atoms with van der Waals surface area (Å²) in [5, 5.41) is 2.97. The van der Waals surface area contributed by atoms with Gasteiger partial charge in [-0.25, -0.2) is 14.7 Å². The largest absolute Gasteiger partial charge is 0.493 e. The summed E-state index contributed by atoms with van der Waals surface area (Å²) < 4.78 is 15.1. The third-order valence-electron chi connectivity index (χ3n) is 5.75. The van der Waals surface area contributed by atoms with Gasteiger partial charge in [0.2, 0.25) is 0 Å². The molecule has 2 aromatic carbocycles. The molecule has 0 spiro atoms. The lowest BCUT2D eigenvalue weighted by atomic mass is 9.90. The molecule has 154 valence electrons. The number of aromatic nitrogens is 3. The van der Waals surface area contributed by atoms with Crippen molar-refractivity contribution in [1.29, 1.82) is 0 Å². The standard InChI is InChI=1S/C23H29N3O3/c1-17-8-6-13-22(26-23(27)25(2)24-26)21(17)16-29-20-12-7-11-19(14-20)28-15-18-9-4-3-5-10-18/h6-8,11-14,18,24H,3-5,9-10,15-16H2,1-2H3. The van der Waals surface area contributed by atoms with E-state index in [2.05, 4.69) is 5.21 Å². The minimum atomic E-state index is -0.0880. The van der Waals surface area contributed by atoms with Crippen LogP contribution in [0.25, 0.3) is 5.69 Å². The van der Waals surface area contributed by atoms with E-state index in [1.165, 1.54) is 41.5 Å². The smallest absolute Gasteiger partial charge is 0.364 e. The van der Waals surface area contributed by atoms with E-state index in [0.717, 1.165) is 34.9 Å². The maximum atomic E-state index is 12.1. The number of H-pyrrole nitrogens is 1. The number of aryl methyl sites for hydroxylation is 2. The normalized spacial score (nSPS) is 14.8. The average molecular weight is 396 g/mol. The first-order valence-electron chi connectivity index (χ1n) is 10.4. The third-order valence-corrected chi connectivity index (χ3v) is 5.75. The average Bonchev–Trinajstić information content (AvgIpc) is 2.76. The lowest BCUT2D eigenvalue weighted by molar-refractivity contribution is 0.207. The first-order chi connectivity index (χ1) is 14.1. The molecule has 0 saturated heterocycles. The Labute approximate surface area is 171 Å². The van der Waals surface area contributed by atoms with E-state index in [1.54, 1.807) is 7.05 Å². The second-order valence-electron chi connectivity index (χ2n) is 7.93. The molecular weight excluding hydrogens is 366 g/mol. The quantitative estimate of drug-likeness (QED) is 0.647. The van der Waals surface area contributed by atoms with Gasteiger partial charge in [0.05, 0.1) is 12.3 Å². The molecule has 1 heterocycles. The maximum Gasteiger partial charge on any atom is 0.364 e. The molecule has 0 atom stereocenters. The molecule has 0 aliphatic heterocycles. The van der Waals surface area contributed by atoms with Gasteiger partial charge in [-0.3, -0.25) is 0 Å². The lowest BCUT2D eigenvalue weighted by Gasteiger charge is -2.22. The molecule has 0 radical (unpaired) electrons. The predicted octanol–water partition coefficient (Wildman–Crippen LogP) is 4.35. The van der Waals surface area contributed by atoms with Crippen LogP contribution in [0.2, 0.25) is 0 Å². The molecule has 29 heavy (non-hydrogen) atoms. The van der Waals surface area contributed by atoms with E-state index in [9.17, 15) is 4.79 Å². The third kappa shape index (κ3) is 4.42. The van der Waals surface area contributed by atoms with Gasteiger partial charge in [-0.15, -0.1) is 0 Å². The molecule has 0 amide bonds. The summed E-state index contributed by atoms with van der Waals surface area (Å²) in [5.41, 5.74) is 2.79. The summed E-state index contributed by atoms with van der Waals surface area (Å²) in [4.78, 5) is 12.1. The Morgan fingerprint density at radius 1 is 1.03 bits per heavy atom.